The summed E-state index contributed by atoms with van der Waals surface area (Å²) in [6.45, 7) is 2.53. The predicted molar refractivity (Wildman–Crippen MR) is 68.1 cm³/mol. The van der Waals surface area contributed by atoms with Gasteiger partial charge in [0.15, 0.2) is 0 Å². The van der Waals surface area contributed by atoms with Crippen molar-refractivity contribution >= 4 is 17.7 Å². The Kier molecular flexibility index (Phi) is 8.70. The highest BCUT2D eigenvalue weighted by molar-refractivity contribution is 7.89. The van der Waals surface area contributed by atoms with Gasteiger partial charge in [0.25, 0.3) is 0 Å². The third kappa shape index (κ3) is 7.12. The molecule has 1 rings (SSSR count). The minimum Gasteiger partial charge on any atom is -0.430 e. The van der Waals surface area contributed by atoms with E-state index in [9.17, 15) is 8.42 Å². The monoisotopic (exact) mass is 259 g/mol. The van der Waals surface area contributed by atoms with Crippen molar-refractivity contribution in [2.45, 2.75) is 24.7 Å². The first-order chi connectivity index (χ1) is 8.08. The predicted octanol–water partition coefficient (Wildman–Crippen LogP) is 0.00250. The lowest BCUT2D eigenvalue weighted by Crippen LogP contribution is -2.24. The molecule has 0 radical (unpaired) electrons. The van der Waals surface area contributed by atoms with E-state index in [2.05, 4.69) is 4.72 Å². The number of hydrogen-bond donors (Lipinski definition) is 3. The molecule has 0 atom stereocenters. The third-order valence-corrected chi connectivity index (χ3v) is 3.35. The lowest BCUT2D eigenvalue weighted by molar-refractivity contribution is 0.448. The number of rotatable bonds is 5. The van der Waals surface area contributed by atoms with Crippen LogP contribution in [0.1, 0.15) is 19.8 Å². The SMILES string of the molecule is CCCCNS(=O)(=O)c1ccccc1.OBO. The van der Waals surface area contributed by atoms with Gasteiger partial charge < -0.3 is 10.0 Å². The van der Waals surface area contributed by atoms with E-state index in [0.717, 1.165) is 12.8 Å². The Morgan fingerprint density at radius 3 is 2.24 bits per heavy atom. The maximum atomic E-state index is 11.6. The van der Waals surface area contributed by atoms with Crippen LogP contribution >= 0.6 is 0 Å². The van der Waals surface area contributed by atoms with Gasteiger partial charge in [0.2, 0.25) is 10.0 Å². The van der Waals surface area contributed by atoms with Crippen LogP contribution in [0.25, 0.3) is 0 Å². The molecular weight excluding hydrogens is 241 g/mol. The molecule has 7 heteroatoms. The summed E-state index contributed by atoms with van der Waals surface area (Å²) >= 11 is 0. The fraction of sp³-hybridized carbons (Fsp3) is 0.400. The van der Waals surface area contributed by atoms with E-state index in [0.29, 0.717) is 11.4 Å². The third-order valence-electron chi connectivity index (χ3n) is 1.88. The van der Waals surface area contributed by atoms with Gasteiger partial charge in [-0.05, 0) is 18.6 Å². The fourth-order valence-corrected chi connectivity index (χ4v) is 2.16. The van der Waals surface area contributed by atoms with Crippen LogP contribution in [0.4, 0.5) is 0 Å². The molecule has 0 fully saturated rings. The van der Waals surface area contributed by atoms with Gasteiger partial charge in [0.05, 0.1) is 4.90 Å². The minimum absolute atomic E-state index is 0.330. The summed E-state index contributed by atoms with van der Waals surface area (Å²) in [7, 11) is -4.03. The molecule has 17 heavy (non-hydrogen) atoms. The topological polar surface area (TPSA) is 86.6 Å². The number of nitrogens with one attached hydrogen (secondary N) is 1. The van der Waals surface area contributed by atoms with Crippen LogP contribution in [0.2, 0.25) is 0 Å². The van der Waals surface area contributed by atoms with Gasteiger partial charge in [-0.15, -0.1) is 0 Å². The van der Waals surface area contributed by atoms with E-state index in [1.165, 1.54) is 0 Å². The molecule has 0 amide bonds. The summed E-state index contributed by atoms with van der Waals surface area (Å²) in [6, 6.07) is 8.41. The summed E-state index contributed by atoms with van der Waals surface area (Å²) in [5.41, 5.74) is 0. The van der Waals surface area contributed by atoms with Gasteiger partial charge >= 0.3 is 7.69 Å². The second kappa shape index (κ2) is 9.18. The van der Waals surface area contributed by atoms with Gasteiger partial charge in [0, 0.05) is 6.54 Å². The van der Waals surface area contributed by atoms with E-state index < -0.39 is 17.7 Å². The van der Waals surface area contributed by atoms with Crippen molar-refractivity contribution in [3.63, 3.8) is 0 Å². The molecule has 0 bridgehead atoms. The first-order valence-corrected chi connectivity index (χ1v) is 6.83. The van der Waals surface area contributed by atoms with Crippen molar-refractivity contribution in [1.29, 1.82) is 0 Å². The summed E-state index contributed by atoms with van der Waals surface area (Å²) in [5.74, 6) is 0. The second-order valence-corrected chi connectivity index (χ2v) is 4.97. The fourth-order valence-electron chi connectivity index (χ4n) is 1.07. The van der Waals surface area contributed by atoms with Crippen molar-refractivity contribution in [2.24, 2.45) is 0 Å². The average molecular weight is 259 g/mol. The summed E-state index contributed by atoms with van der Waals surface area (Å²) < 4.78 is 25.7. The van der Waals surface area contributed by atoms with Crippen molar-refractivity contribution < 1.29 is 18.5 Å². The molecule has 0 aromatic heterocycles. The number of sulfonamides is 1. The molecular formula is C10H18BNO4S. The maximum absolute atomic E-state index is 11.6. The average Bonchev–Trinajstić information content (AvgIpc) is 2.31. The molecule has 0 saturated heterocycles. The van der Waals surface area contributed by atoms with Crippen LogP contribution in [0.5, 0.6) is 0 Å². The van der Waals surface area contributed by atoms with E-state index in [1.54, 1.807) is 30.3 Å². The zero-order valence-electron chi connectivity index (χ0n) is 9.83. The Hall–Kier alpha value is -0.885. The Bertz CT molecular complexity index is 383. The Labute approximate surface area is 103 Å². The number of hydrogen-bond acceptors (Lipinski definition) is 4. The van der Waals surface area contributed by atoms with Crippen molar-refractivity contribution in [3.8, 4) is 0 Å². The molecule has 1 aromatic rings. The number of benzene rings is 1. The van der Waals surface area contributed by atoms with Gasteiger partial charge in [-0.3, -0.25) is 0 Å². The van der Waals surface area contributed by atoms with Gasteiger partial charge in [0.1, 0.15) is 0 Å². The molecule has 0 heterocycles. The van der Waals surface area contributed by atoms with Gasteiger partial charge in [-0.2, -0.15) is 0 Å². The molecule has 0 aliphatic rings. The Morgan fingerprint density at radius 1 is 1.24 bits per heavy atom. The summed E-state index contributed by atoms with van der Waals surface area (Å²) in [4.78, 5) is 0.330. The second-order valence-electron chi connectivity index (χ2n) is 3.21. The highest BCUT2D eigenvalue weighted by Crippen LogP contribution is 2.06. The van der Waals surface area contributed by atoms with Crippen LogP contribution in [0, 0.1) is 0 Å². The van der Waals surface area contributed by atoms with Crippen LogP contribution in [0.3, 0.4) is 0 Å². The molecule has 5 nitrogen and oxygen atoms in total. The normalized spacial score (nSPS) is 10.3. The molecule has 96 valence electrons. The largest absolute Gasteiger partial charge is 0.432 e. The summed E-state index contributed by atoms with van der Waals surface area (Å²) in [6.07, 6.45) is 1.85. The molecule has 1 aromatic carbocycles. The van der Waals surface area contributed by atoms with Crippen molar-refractivity contribution in [3.05, 3.63) is 30.3 Å². The Balaban J connectivity index is 0.000000770. The zero-order valence-corrected chi connectivity index (χ0v) is 10.7. The van der Waals surface area contributed by atoms with E-state index in [-0.39, 0.29) is 0 Å². The lowest BCUT2D eigenvalue weighted by Gasteiger charge is -2.04. The van der Waals surface area contributed by atoms with Crippen molar-refractivity contribution in [2.75, 3.05) is 6.54 Å². The summed E-state index contributed by atoms with van der Waals surface area (Å²) in [5, 5.41) is 14.2. The first kappa shape index (κ1) is 16.1. The lowest BCUT2D eigenvalue weighted by atomic mass is 10.3. The standard InChI is InChI=1S/C10H15NO2S.BH3O2/c1-2-3-9-11-14(12,13)10-7-5-4-6-8-10;2-1-3/h4-8,11H,2-3,9H2,1H3;1-3H. The van der Waals surface area contributed by atoms with Gasteiger partial charge in [-0.1, -0.05) is 31.5 Å². The molecule has 3 N–H and O–H groups in total. The van der Waals surface area contributed by atoms with E-state index in [1.807, 2.05) is 6.92 Å². The smallest absolute Gasteiger partial charge is 0.430 e. The molecule has 0 aliphatic carbocycles. The molecule has 0 aliphatic heterocycles. The number of unbranched alkanes of at least 4 members (excludes halogenated alkanes) is 1. The van der Waals surface area contributed by atoms with Crippen LogP contribution in [-0.4, -0.2) is 32.7 Å². The maximum Gasteiger partial charge on any atom is 0.432 e. The van der Waals surface area contributed by atoms with E-state index in [4.69, 9.17) is 10.0 Å². The molecule has 0 unspecified atom stereocenters. The zero-order chi connectivity index (χ0) is 13.1. The van der Waals surface area contributed by atoms with Crippen LogP contribution < -0.4 is 4.72 Å². The first-order valence-electron chi connectivity index (χ1n) is 5.35. The van der Waals surface area contributed by atoms with Crippen LogP contribution in [-0.2, 0) is 10.0 Å². The quantitative estimate of drug-likeness (QED) is 0.513. The van der Waals surface area contributed by atoms with Crippen LogP contribution in [0.15, 0.2) is 35.2 Å². The van der Waals surface area contributed by atoms with E-state index >= 15 is 0 Å². The highest BCUT2D eigenvalue weighted by Gasteiger charge is 2.11. The minimum atomic E-state index is -3.28. The molecule has 0 saturated carbocycles. The molecule has 0 spiro atoms. The highest BCUT2D eigenvalue weighted by atomic mass is 32.2. The van der Waals surface area contributed by atoms with Gasteiger partial charge in [-0.25, -0.2) is 13.1 Å². The Morgan fingerprint density at radius 2 is 1.76 bits per heavy atom. The van der Waals surface area contributed by atoms with Crippen molar-refractivity contribution in [1.82, 2.24) is 4.72 Å².